The van der Waals surface area contributed by atoms with Crippen LogP contribution in [-0.4, -0.2) is 27.5 Å². The molecule has 1 atom stereocenters. The molecule has 0 saturated heterocycles. The minimum atomic E-state index is -2.81. The summed E-state index contributed by atoms with van der Waals surface area (Å²) in [5, 5.41) is 2.14. The van der Waals surface area contributed by atoms with E-state index < -0.39 is 8.25 Å². The topological polar surface area (TPSA) is 46.5 Å². The molecule has 1 N–H and O–H groups in total. The SMILES string of the molecule is O=[PH](O)OCC(CBr)(CBr)CBr. The van der Waals surface area contributed by atoms with E-state index in [2.05, 4.69) is 47.8 Å². The van der Waals surface area contributed by atoms with Gasteiger partial charge < -0.3 is 9.42 Å². The van der Waals surface area contributed by atoms with E-state index in [1.165, 1.54) is 0 Å². The number of alkyl halides is 3. The average Bonchev–Trinajstić information content (AvgIpc) is 2.08. The molecule has 0 amide bonds. The van der Waals surface area contributed by atoms with Crippen LogP contribution in [0.15, 0.2) is 0 Å². The first kappa shape index (κ1) is 13.6. The fourth-order valence-corrected chi connectivity index (χ4v) is 4.14. The van der Waals surface area contributed by atoms with Gasteiger partial charge in [-0.2, -0.15) is 0 Å². The summed E-state index contributed by atoms with van der Waals surface area (Å²) in [7, 11) is -2.81. The van der Waals surface area contributed by atoms with Crippen LogP contribution in [0, 0.1) is 5.41 Å². The zero-order valence-corrected chi connectivity index (χ0v) is 12.0. The highest BCUT2D eigenvalue weighted by Crippen LogP contribution is 2.29. The average molecular weight is 389 g/mol. The lowest BCUT2D eigenvalue weighted by Crippen LogP contribution is -2.31. The quantitative estimate of drug-likeness (QED) is 0.562. The largest absolute Gasteiger partial charge is 0.326 e. The maximum atomic E-state index is 10.3. The summed E-state index contributed by atoms with van der Waals surface area (Å²) in [5.74, 6) is 0. The van der Waals surface area contributed by atoms with Gasteiger partial charge in [-0.25, -0.2) is 0 Å². The van der Waals surface area contributed by atoms with Crippen LogP contribution in [0.2, 0.25) is 0 Å². The van der Waals surface area contributed by atoms with E-state index in [4.69, 9.17) is 9.42 Å². The molecule has 1 unspecified atom stereocenters. The molecule has 0 aliphatic rings. The summed E-state index contributed by atoms with van der Waals surface area (Å²) >= 11 is 9.99. The third-order valence-electron chi connectivity index (χ3n) is 1.35. The lowest BCUT2D eigenvalue weighted by molar-refractivity contribution is 0.200. The first-order chi connectivity index (χ1) is 5.60. The van der Waals surface area contributed by atoms with Crippen molar-refractivity contribution in [3.8, 4) is 0 Å². The zero-order chi connectivity index (χ0) is 9.61. The van der Waals surface area contributed by atoms with Gasteiger partial charge in [0.1, 0.15) is 0 Å². The van der Waals surface area contributed by atoms with Crippen LogP contribution in [0.4, 0.5) is 0 Å². The minimum Gasteiger partial charge on any atom is -0.326 e. The standard InChI is InChI=1S/C5H10Br3O3P/c6-1-5(2-7,3-8)4-11-12(9)10/h12H,1-4H2,(H,9,10). The highest BCUT2D eigenvalue weighted by atomic mass is 79.9. The van der Waals surface area contributed by atoms with E-state index in [1.807, 2.05) is 0 Å². The van der Waals surface area contributed by atoms with Gasteiger partial charge in [0.2, 0.25) is 0 Å². The molecule has 0 bridgehead atoms. The van der Waals surface area contributed by atoms with Crippen molar-refractivity contribution >= 4 is 56.0 Å². The van der Waals surface area contributed by atoms with Gasteiger partial charge in [-0.3, -0.25) is 4.57 Å². The van der Waals surface area contributed by atoms with E-state index in [0.717, 1.165) is 0 Å². The van der Waals surface area contributed by atoms with Crippen molar-refractivity contribution in [1.82, 2.24) is 0 Å². The summed E-state index contributed by atoms with van der Waals surface area (Å²) in [6.45, 7) is 0.267. The Kier molecular flexibility index (Phi) is 7.88. The molecule has 3 nitrogen and oxygen atoms in total. The summed E-state index contributed by atoms with van der Waals surface area (Å²) in [4.78, 5) is 8.48. The van der Waals surface area contributed by atoms with Gasteiger partial charge in [0.15, 0.2) is 0 Å². The molecule has 0 heterocycles. The fourth-order valence-electron chi connectivity index (χ4n) is 0.438. The maximum absolute atomic E-state index is 10.3. The first-order valence-corrected chi connectivity index (χ1v) is 7.76. The van der Waals surface area contributed by atoms with Crippen molar-refractivity contribution in [1.29, 1.82) is 0 Å². The van der Waals surface area contributed by atoms with E-state index in [9.17, 15) is 4.57 Å². The molecule has 0 radical (unpaired) electrons. The molecule has 0 saturated carbocycles. The second kappa shape index (κ2) is 6.96. The normalized spacial score (nSPS) is 14.7. The van der Waals surface area contributed by atoms with Crippen molar-refractivity contribution in [3.05, 3.63) is 0 Å². The van der Waals surface area contributed by atoms with Crippen LogP contribution in [0.1, 0.15) is 0 Å². The molecular weight excluding hydrogens is 379 g/mol. The van der Waals surface area contributed by atoms with Crippen molar-refractivity contribution in [2.75, 3.05) is 22.6 Å². The van der Waals surface area contributed by atoms with Crippen LogP contribution in [0.5, 0.6) is 0 Å². The van der Waals surface area contributed by atoms with E-state index in [-0.39, 0.29) is 12.0 Å². The molecule has 0 fully saturated rings. The number of halogens is 3. The Labute approximate surface area is 97.6 Å². The monoisotopic (exact) mass is 386 g/mol. The Bertz CT molecular complexity index is 143. The summed E-state index contributed by atoms with van der Waals surface area (Å²) < 4.78 is 15.0. The third-order valence-corrected chi connectivity index (χ3v) is 5.31. The molecule has 0 rings (SSSR count). The molecule has 0 aliphatic carbocycles. The van der Waals surface area contributed by atoms with Gasteiger partial charge in [0.05, 0.1) is 6.61 Å². The highest BCUT2D eigenvalue weighted by Gasteiger charge is 2.27. The van der Waals surface area contributed by atoms with Crippen LogP contribution >= 0.6 is 56.0 Å². The first-order valence-electron chi connectivity index (χ1n) is 3.14. The van der Waals surface area contributed by atoms with Crippen LogP contribution < -0.4 is 0 Å². The van der Waals surface area contributed by atoms with Crippen LogP contribution in [0.3, 0.4) is 0 Å². The lowest BCUT2D eigenvalue weighted by Gasteiger charge is -2.26. The molecular formula is C5H10Br3O3P. The molecule has 12 heavy (non-hydrogen) atoms. The summed E-state index contributed by atoms with van der Waals surface area (Å²) in [5.41, 5.74) is -0.150. The van der Waals surface area contributed by atoms with E-state index in [1.54, 1.807) is 0 Å². The van der Waals surface area contributed by atoms with Gasteiger partial charge >= 0.3 is 8.25 Å². The van der Waals surface area contributed by atoms with Gasteiger partial charge in [0, 0.05) is 21.4 Å². The second-order valence-corrected chi connectivity index (χ2v) is 4.96. The molecule has 0 aliphatic heterocycles. The molecule has 0 aromatic carbocycles. The highest BCUT2D eigenvalue weighted by molar-refractivity contribution is 9.10. The molecule has 0 aromatic heterocycles. The minimum absolute atomic E-state index is 0.150. The molecule has 0 aromatic rings. The Morgan fingerprint density at radius 1 is 1.25 bits per heavy atom. The number of hydrogen-bond donors (Lipinski definition) is 1. The second-order valence-electron chi connectivity index (χ2n) is 2.46. The van der Waals surface area contributed by atoms with Gasteiger partial charge in [-0.05, 0) is 0 Å². The molecule has 74 valence electrons. The predicted octanol–water partition coefficient (Wildman–Crippen LogP) is 2.56. The predicted molar refractivity (Wildman–Crippen MR) is 61.0 cm³/mol. The van der Waals surface area contributed by atoms with Crippen molar-refractivity contribution < 1.29 is 14.0 Å². The van der Waals surface area contributed by atoms with Gasteiger partial charge in [-0.1, -0.05) is 47.8 Å². The number of rotatable bonds is 6. The molecule has 7 heteroatoms. The Hall–Kier alpha value is 1.59. The zero-order valence-electron chi connectivity index (χ0n) is 6.23. The lowest BCUT2D eigenvalue weighted by atomic mass is 9.98. The Morgan fingerprint density at radius 3 is 1.92 bits per heavy atom. The maximum Gasteiger partial charge on any atom is 0.316 e. The van der Waals surface area contributed by atoms with E-state index in [0.29, 0.717) is 16.0 Å². The van der Waals surface area contributed by atoms with Gasteiger partial charge in [-0.15, -0.1) is 0 Å². The molecule has 0 spiro atoms. The Balaban J connectivity index is 4.01. The summed E-state index contributed by atoms with van der Waals surface area (Å²) in [6, 6.07) is 0. The Morgan fingerprint density at radius 2 is 1.67 bits per heavy atom. The van der Waals surface area contributed by atoms with E-state index >= 15 is 0 Å². The number of hydrogen-bond acceptors (Lipinski definition) is 2. The van der Waals surface area contributed by atoms with Gasteiger partial charge in [0.25, 0.3) is 0 Å². The van der Waals surface area contributed by atoms with Crippen LogP contribution in [-0.2, 0) is 9.09 Å². The summed E-state index contributed by atoms with van der Waals surface area (Å²) in [6.07, 6.45) is 0. The fraction of sp³-hybridized carbons (Fsp3) is 1.00. The third kappa shape index (κ3) is 4.72. The smallest absolute Gasteiger partial charge is 0.316 e. The van der Waals surface area contributed by atoms with Crippen molar-refractivity contribution in [3.63, 3.8) is 0 Å². The van der Waals surface area contributed by atoms with Crippen molar-refractivity contribution in [2.45, 2.75) is 0 Å². The van der Waals surface area contributed by atoms with Crippen LogP contribution in [0.25, 0.3) is 0 Å². The van der Waals surface area contributed by atoms with Crippen molar-refractivity contribution in [2.24, 2.45) is 5.41 Å².